The SMILES string of the molecule is CCCN1CC(CNC(=O)c2ccc3cccnc3n2)CC1=O. The molecule has 3 rings (SSSR count). The Balaban J connectivity index is 1.59. The minimum absolute atomic E-state index is 0.177. The van der Waals surface area contributed by atoms with E-state index < -0.39 is 0 Å². The summed E-state index contributed by atoms with van der Waals surface area (Å²) >= 11 is 0. The van der Waals surface area contributed by atoms with E-state index in [4.69, 9.17) is 0 Å². The molecule has 0 spiro atoms. The van der Waals surface area contributed by atoms with Crippen molar-refractivity contribution in [1.82, 2.24) is 20.2 Å². The molecule has 1 aliphatic heterocycles. The predicted molar refractivity (Wildman–Crippen MR) is 86.8 cm³/mol. The van der Waals surface area contributed by atoms with E-state index in [0.717, 1.165) is 24.9 Å². The summed E-state index contributed by atoms with van der Waals surface area (Å²) in [4.78, 5) is 34.4. The fraction of sp³-hybridized carbons (Fsp3) is 0.412. The van der Waals surface area contributed by atoms with Crippen molar-refractivity contribution < 1.29 is 9.59 Å². The van der Waals surface area contributed by atoms with Crippen LogP contribution in [-0.2, 0) is 4.79 Å². The number of likely N-dealkylation sites (tertiary alicyclic amines) is 1. The minimum atomic E-state index is -0.223. The molecular formula is C17H20N4O2. The molecule has 0 aliphatic carbocycles. The highest BCUT2D eigenvalue weighted by molar-refractivity contribution is 5.94. The van der Waals surface area contributed by atoms with Crippen molar-refractivity contribution in [2.24, 2.45) is 5.92 Å². The lowest BCUT2D eigenvalue weighted by molar-refractivity contribution is -0.127. The number of hydrogen-bond acceptors (Lipinski definition) is 4. The zero-order valence-electron chi connectivity index (χ0n) is 13.2. The topological polar surface area (TPSA) is 75.2 Å². The Morgan fingerprint density at radius 1 is 1.39 bits per heavy atom. The number of aromatic nitrogens is 2. The van der Waals surface area contributed by atoms with Gasteiger partial charge in [-0.2, -0.15) is 0 Å². The number of carbonyl (C=O) groups is 2. The van der Waals surface area contributed by atoms with Gasteiger partial charge in [0.05, 0.1) is 0 Å². The maximum Gasteiger partial charge on any atom is 0.269 e. The molecular weight excluding hydrogens is 292 g/mol. The second-order valence-electron chi connectivity index (χ2n) is 5.87. The summed E-state index contributed by atoms with van der Waals surface area (Å²) in [5, 5.41) is 3.78. The van der Waals surface area contributed by atoms with Gasteiger partial charge in [0.1, 0.15) is 5.69 Å². The first kappa shape index (κ1) is 15.4. The van der Waals surface area contributed by atoms with Crippen LogP contribution in [-0.4, -0.2) is 46.3 Å². The highest BCUT2D eigenvalue weighted by Crippen LogP contribution is 2.17. The van der Waals surface area contributed by atoms with Crippen molar-refractivity contribution in [1.29, 1.82) is 0 Å². The fourth-order valence-corrected chi connectivity index (χ4v) is 2.88. The molecule has 120 valence electrons. The third kappa shape index (κ3) is 3.47. The number of amides is 2. The Hall–Kier alpha value is -2.50. The van der Waals surface area contributed by atoms with Crippen LogP contribution >= 0.6 is 0 Å². The van der Waals surface area contributed by atoms with E-state index in [0.29, 0.717) is 24.3 Å². The largest absolute Gasteiger partial charge is 0.350 e. The van der Waals surface area contributed by atoms with E-state index >= 15 is 0 Å². The molecule has 0 saturated carbocycles. The number of pyridine rings is 2. The summed E-state index contributed by atoms with van der Waals surface area (Å²) < 4.78 is 0. The molecule has 6 nitrogen and oxygen atoms in total. The van der Waals surface area contributed by atoms with Crippen LogP contribution in [0.5, 0.6) is 0 Å². The van der Waals surface area contributed by atoms with Gasteiger partial charge in [-0.1, -0.05) is 6.92 Å². The van der Waals surface area contributed by atoms with Crippen LogP contribution in [0.15, 0.2) is 30.5 Å². The predicted octanol–water partition coefficient (Wildman–Crippen LogP) is 1.62. The van der Waals surface area contributed by atoms with E-state index in [1.54, 1.807) is 12.3 Å². The lowest BCUT2D eigenvalue weighted by Gasteiger charge is -2.15. The maximum atomic E-state index is 12.2. The first-order valence-electron chi connectivity index (χ1n) is 7.95. The van der Waals surface area contributed by atoms with E-state index in [9.17, 15) is 9.59 Å². The Morgan fingerprint density at radius 2 is 2.26 bits per heavy atom. The highest BCUT2D eigenvalue weighted by Gasteiger charge is 2.29. The molecule has 1 fully saturated rings. The zero-order chi connectivity index (χ0) is 16.2. The van der Waals surface area contributed by atoms with Crippen LogP contribution in [0.2, 0.25) is 0 Å². The van der Waals surface area contributed by atoms with Crippen molar-refractivity contribution >= 4 is 22.8 Å². The lowest BCUT2D eigenvalue weighted by atomic mass is 10.1. The molecule has 1 atom stereocenters. The van der Waals surface area contributed by atoms with E-state index in [2.05, 4.69) is 22.2 Å². The number of nitrogens with one attached hydrogen (secondary N) is 1. The molecule has 0 bridgehead atoms. The summed E-state index contributed by atoms with van der Waals surface area (Å²) in [6.45, 7) is 4.06. The average molecular weight is 312 g/mol. The number of rotatable bonds is 5. The minimum Gasteiger partial charge on any atom is -0.350 e. The molecule has 1 aliphatic rings. The summed E-state index contributed by atoms with van der Waals surface area (Å²) in [7, 11) is 0. The molecule has 2 amide bonds. The van der Waals surface area contributed by atoms with Gasteiger partial charge in [0.25, 0.3) is 5.91 Å². The second-order valence-corrected chi connectivity index (χ2v) is 5.87. The van der Waals surface area contributed by atoms with Crippen molar-refractivity contribution in [2.45, 2.75) is 19.8 Å². The molecule has 0 aromatic carbocycles. The third-order valence-electron chi connectivity index (χ3n) is 4.04. The number of fused-ring (bicyclic) bond motifs is 1. The molecule has 2 aromatic rings. The van der Waals surface area contributed by atoms with Gasteiger partial charge in [0.2, 0.25) is 5.91 Å². The Bertz CT molecular complexity index is 731. The van der Waals surface area contributed by atoms with Crippen molar-refractivity contribution in [3.8, 4) is 0 Å². The Morgan fingerprint density at radius 3 is 3.09 bits per heavy atom. The molecule has 1 saturated heterocycles. The molecule has 23 heavy (non-hydrogen) atoms. The van der Waals surface area contributed by atoms with Gasteiger partial charge in [0, 0.05) is 43.6 Å². The average Bonchev–Trinajstić information content (AvgIpc) is 2.92. The van der Waals surface area contributed by atoms with Gasteiger partial charge in [-0.25, -0.2) is 9.97 Å². The van der Waals surface area contributed by atoms with Gasteiger partial charge in [-0.3, -0.25) is 9.59 Å². The first-order valence-corrected chi connectivity index (χ1v) is 7.95. The first-order chi connectivity index (χ1) is 11.2. The number of carbonyl (C=O) groups excluding carboxylic acids is 2. The molecule has 0 radical (unpaired) electrons. The van der Waals surface area contributed by atoms with Crippen LogP contribution in [0.3, 0.4) is 0 Å². The molecule has 3 heterocycles. The van der Waals surface area contributed by atoms with Gasteiger partial charge in [-0.15, -0.1) is 0 Å². The second kappa shape index (κ2) is 6.73. The highest BCUT2D eigenvalue weighted by atomic mass is 16.2. The zero-order valence-corrected chi connectivity index (χ0v) is 13.2. The van der Waals surface area contributed by atoms with Gasteiger partial charge in [-0.05, 0) is 30.7 Å². The fourth-order valence-electron chi connectivity index (χ4n) is 2.88. The maximum absolute atomic E-state index is 12.2. The van der Waals surface area contributed by atoms with Gasteiger partial charge < -0.3 is 10.2 Å². The summed E-state index contributed by atoms with van der Waals surface area (Å²) in [6, 6.07) is 7.28. The van der Waals surface area contributed by atoms with Crippen molar-refractivity contribution in [3.63, 3.8) is 0 Å². The Labute approximate surface area is 134 Å². The van der Waals surface area contributed by atoms with E-state index in [-0.39, 0.29) is 17.7 Å². The van der Waals surface area contributed by atoms with Crippen LogP contribution in [0.4, 0.5) is 0 Å². The monoisotopic (exact) mass is 312 g/mol. The lowest BCUT2D eigenvalue weighted by Crippen LogP contribution is -2.32. The van der Waals surface area contributed by atoms with E-state index in [1.807, 2.05) is 23.1 Å². The quantitative estimate of drug-likeness (QED) is 0.910. The number of hydrogen-bond donors (Lipinski definition) is 1. The number of nitrogens with zero attached hydrogens (tertiary/aromatic N) is 3. The van der Waals surface area contributed by atoms with E-state index in [1.165, 1.54) is 0 Å². The van der Waals surface area contributed by atoms with Crippen LogP contribution in [0, 0.1) is 5.92 Å². The standard InChI is InChI=1S/C17H20N4O2/c1-2-8-21-11-12(9-15(21)22)10-19-17(23)14-6-5-13-4-3-7-18-16(13)20-14/h3-7,12H,2,8-11H2,1H3,(H,19,23). The Kier molecular flexibility index (Phi) is 4.50. The molecule has 2 aromatic heterocycles. The molecule has 1 unspecified atom stereocenters. The summed E-state index contributed by atoms with van der Waals surface area (Å²) in [5.41, 5.74) is 0.913. The van der Waals surface area contributed by atoms with Crippen LogP contribution in [0.25, 0.3) is 11.0 Å². The third-order valence-corrected chi connectivity index (χ3v) is 4.04. The van der Waals surface area contributed by atoms with Crippen molar-refractivity contribution in [2.75, 3.05) is 19.6 Å². The normalized spacial score (nSPS) is 17.7. The van der Waals surface area contributed by atoms with Gasteiger partial charge >= 0.3 is 0 Å². The molecule has 6 heteroatoms. The molecule has 1 N–H and O–H groups in total. The summed E-state index contributed by atoms with van der Waals surface area (Å²) in [5.74, 6) is 0.134. The van der Waals surface area contributed by atoms with Crippen LogP contribution in [0.1, 0.15) is 30.3 Å². The summed E-state index contributed by atoms with van der Waals surface area (Å²) in [6.07, 6.45) is 3.12. The van der Waals surface area contributed by atoms with Gasteiger partial charge in [0.15, 0.2) is 5.65 Å². The van der Waals surface area contributed by atoms with Crippen molar-refractivity contribution in [3.05, 3.63) is 36.2 Å². The smallest absolute Gasteiger partial charge is 0.269 e. The van der Waals surface area contributed by atoms with Crippen LogP contribution < -0.4 is 5.32 Å².